The standard InChI is InChI=1S/C19H16N4O3/c1-13-21-18(23-26-13)12-25-17-5-3-2-4-16(17)19(24)22-15-8-6-14(7-9-15)10-11-20/h2-9H,10,12H2,1H3,(H,22,24). The van der Waals surface area contributed by atoms with Crippen LogP contribution in [0.1, 0.15) is 27.6 Å². The van der Waals surface area contributed by atoms with Crippen molar-refractivity contribution < 1.29 is 14.1 Å². The second-order valence-electron chi connectivity index (χ2n) is 5.50. The first-order valence-corrected chi connectivity index (χ1v) is 7.94. The number of hydrogen-bond acceptors (Lipinski definition) is 6. The van der Waals surface area contributed by atoms with Gasteiger partial charge < -0.3 is 14.6 Å². The monoisotopic (exact) mass is 348 g/mol. The summed E-state index contributed by atoms with van der Waals surface area (Å²) in [5.74, 6) is 0.992. The quantitative estimate of drug-likeness (QED) is 0.733. The minimum absolute atomic E-state index is 0.102. The Kier molecular flexibility index (Phi) is 5.25. The van der Waals surface area contributed by atoms with Gasteiger partial charge in [-0.25, -0.2) is 0 Å². The summed E-state index contributed by atoms with van der Waals surface area (Å²) in [4.78, 5) is 16.6. The van der Waals surface area contributed by atoms with Crippen molar-refractivity contribution in [1.29, 1.82) is 5.26 Å². The first-order valence-electron chi connectivity index (χ1n) is 7.94. The van der Waals surface area contributed by atoms with Crippen LogP contribution in [0.2, 0.25) is 0 Å². The maximum atomic E-state index is 12.6. The van der Waals surface area contributed by atoms with Crippen LogP contribution in [0, 0.1) is 18.3 Å². The lowest BCUT2D eigenvalue weighted by molar-refractivity contribution is 0.102. The Morgan fingerprint density at radius 1 is 1.23 bits per heavy atom. The largest absolute Gasteiger partial charge is 0.485 e. The molecule has 0 atom stereocenters. The van der Waals surface area contributed by atoms with E-state index in [2.05, 4.69) is 21.5 Å². The van der Waals surface area contributed by atoms with Crippen LogP contribution in [0.15, 0.2) is 53.1 Å². The maximum absolute atomic E-state index is 12.6. The number of nitrogens with zero attached hydrogens (tertiary/aromatic N) is 3. The van der Waals surface area contributed by atoms with E-state index in [1.165, 1.54) is 0 Å². The second kappa shape index (κ2) is 7.94. The van der Waals surface area contributed by atoms with Gasteiger partial charge in [-0.2, -0.15) is 10.2 Å². The van der Waals surface area contributed by atoms with Gasteiger partial charge in [-0.15, -0.1) is 0 Å². The Hall–Kier alpha value is -3.66. The Balaban J connectivity index is 1.69. The van der Waals surface area contributed by atoms with Crippen molar-refractivity contribution in [1.82, 2.24) is 10.1 Å². The van der Waals surface area contributed by atoms with Crippen LogP contribution in [-0.2, 0) is 13.0 Å². The molecule has 1 aromatic heterocycles. The fourth-order valence-electron chi connectivity index (χ4n) is 2.32. The fraction of sp³-hybridized carbons (Fsp3) is 0.158. The molecule has 0 radical (unpaired) electrons. The molecule has 0 aliphatic rings. The minimum atomic E-state index is -0.294. The third-order valence-corrected chi connectivity index (χ3v) is 3.55. The highest BCUT2D eigenvalue weighted by atomic mass is 16.5. The molecular weight excluding hydrogens is 332 g/mol. The SMILES string of the molecule is Cc1nc(COc2ccccc2C(=O)Nc2ccc(CC#N)cc2)no1. The van der Waals surface area contributed by atoms with Crippen molar-refractivity contribution in [2.75, 3.05) is 5.32 Å². The highest BCUT2D eigenvalue weighted by Crippen LogP contribution is 2.21. The molecule has 7 nitrogen and oxygen atoms in total. The van der Waals surface area contributed by atoms with Crippen molar-refractivity contribution in [3.05, 3.63) is 71.4 Å². The Morgan fingerprint density at radius 2 is 2.00 bits per heavy atom. The zero-order chi connectivity index (χ0) is 18.4. The van der Waals surface area contributed by atoms with Gasteiger partial charge in [0.25, 0.3) is 5.91 Å². The zero-order valence-electron chi connectivity index (χ0n) is 14.1. The number of anilines is 1. The summed E-state index contributed by atoms with van der Waals surface area (Å²) in [6, 6.07) is 16.1. The molecule has 1 heterocycles. The van der Waals surface area contributed by atoms with Crippen LogP contribution in [0.25, 0.3) is 0 Å². The number of benzene rings is 2. The molecule has 130 valence electrons. The van der Waals surface area contributed by atoms with Crippen LogP contribution in [0.5, 0.6) is 5.75 Å². The molecule has 1 N–H and O–H groups in total. The first-order chi connectivity index (χ1) is 12.7. The molecular formula is C19H16N4O3. The number of nitrogens with one attached hydrogen (secondary N) is 1. The van der Waals surface area contributed by atoms with E-state index in [0.29, 0.717) is 35.1 Å². The van der Waals surface area contributed by atoms with Crippen LogP contribution < -0.4 is 10.1 Å². The van der Waals surface area contributed by atoms with E-state index in [4.69, 9.17) is 14.5 Å². The predicted molar refractivity (Wildman–Crippen MR) is 93.5 cm³/mol. The molecule has 0 spiro atoms. The highest BCUT2D eigenvalue weighted by Gasteiger charge is 2.13. The van der Waals surface area contributed by atoms with E-state index in [-0.39, 0.29) is 12.5 Å². The fourth-order valence-corrected chi connectivity index (χ4v) is 2.32. The summed E-state index contributed by atoms with van der Waals surface area (Å²) >= 11 is 0. The lowest BCUT2D eigenvalue weighted by atomic mass is 10.1. The predicted octanol–water partition coefficient (Wildman–Crippen LogP) is 3.28. The van der Waals surface area contributed by atoms with Gasteiger partial charge in [-0.3, -0.25) is 4.79 Å². The van der Waals surface area contributed by atoms with E-state index >= 15 is 0 Å². The maximum Gasteiger partial charge on any atom is 0.259 e. The van der Waals surface area contributed by atoms with Gasteiger partial charge in [0.15, 0.2) is 6.61 Å². The van der Waals surface area contributed by atoms with Crippen LogP contribution in [0.4, 0.5) is 5.69 Å². The number of amides is 1. The van der Waals surface area contributed by atoms with Gasteiger partial charge in [0.2, 0.25) is 11.7 Å². The number of rotatable bonds is 6. The van der Waals surface area contributed by atoms with Crippen molar-refractivity contribution in [2.24, 2.45) is 0 Å². The molecule has 0 fully saturated rings. The number of nitriles is 1. The number of hydrogen-bond donors (Lipinski definition) is 1. The Bertz CT molecular complexity index is 942. The van der Waals surface area contributed by atoms with Crippen molar-refractivity contribution in [3.8, 4) is 11.8 Å². The Morgan fingerprint density at radius 3 is 2.69 bits per heavy atom. The average molecular weight is 348 g/mol. The number of carbonyl (C=O) groups excluding carboxylic acids is 1. The van der Waals surface area contributed by atoms with Crippen molar-refractivity contribution in [2.45, 2.75) is 20.0 Å². The Labute approximate surface area is 150 Å². The molecule has 1 amide bonds. The van der Waals surface area contributed by atoms with E-state index in [1.54, 1.807) is 55.5 Å². The van der Waals surface area contributed by atoms with Gasteiger partial charge in [-0.05, 0) is 29.8 Å². The molecule has 0 saturated heterocycles. The number of aromatic nitrogens is 2. The molecule has 0 saturated carbocycles. The molecule has 0 unspecified atom stereocenters. The highest BCUT2D eigenvalue weighted by molar-refractivity contribution is 6.06. The van der Waals surface area contributed by atoms with E-state index in [1.807, 2.05) is 0 Å². The van der Waals surface area contributed by atoms with Crippen molar-refractivity contribution in [3.63, 3.8) is 0 Å². The van der Waals surface area contributed by atoms with Gasteiger partial charge in [0.05, 0.1) is 18.1 Å². The van der Waals surface area contributed by atoms with Gasteiger partial charge in [0, 0.05) is 12.6 Å². The third-order valence-electron chi connectivity index (χ3n) is 3.55. The number of carbonyl (C=O) groups is 1. The van der Waals surface area contributed by atoms with E-state index in [0.717, 1.165) is 5.56 Å². The molecule has 0 aliphatic carbocycles. The summed E-state index contributed by atoms with van der Waals surface area (Å²) in [5, 5.41) is 15.3. The normalized spacial score (nSPS) is 10.2. The molecule has 2 aromatic carbocycles. The molecule has 7 heteroatoms. The zero-order valence-corrected chi connectivity index (χ0v) is 14.1. The van der Waals surface area contributed by atoms with E-state index in [9.17, 15) is 4.79 Å². The summed E-state index contributed by atoms with van der Waals surface area (Å²) in [6.07, 6.45) is 0.334. The van der Waals surface area contributed by atoms with Crippen LogP contribution >= 0.6 is 0 Å². The summed E-state index contributed by atoms with van der Waals surface area (Å²) in [5.41, 5.74) is 1.93. The minimum Gasteiger partial charge on any atom is -0.485 e. The molecule has 0 bridgehead atoms. The smallest absolute Gasteiger partial charge is 0.259 e. The first kappa shape index (κ1) is 17.2. The number of para-hydroxylation sites is 1. The molecule has 3 aromatic rings. The molecule has 0 aliphatic heterocycles. The van der Waals surface area contributed by atoms with Crippen LogP contribution in [-0.4, -0.2) is 16.0 Å². The van der Waals surface area contributed by atoms with Gasteiger partial charge in [0.1, 0.15) is 5.75 Å². The number of aryl methyl sites for hydroxylation is 1. The number of ether oxygens (including phenoxy) is 1. The topological polar surface area (TPSA) is 101 Å². The second-order valence-corrected chi connectivity index (χ2v) is 5.50. The van der Waals surface area contributed by atoms with Crippen LogP contribution in [0.3, 0.4) is 0 Å². The van der Waals surface area contributed by atoms with Gasteiger partial charge >= 0.3 is 0 Å². The molecule has 3 rings (SSSR count). The molecule has 26 heavy (non-hydrogen) atoms. The summed E-state index contributed by atoms with van der Waals surface area (Å²) < 4.78 is 10.6. The lowest BCUT2D eigenvalue weighted by Gasteiger charge is -2.11. The third kappa shape index (κ3) is 4.24. The summed E-state index contributed by atoms with van der Waals surface area (Å²) in [7, 11) is 0. The average Bonchev–Trinajstić information content (AvgIpc) is 3.07. The van der Waals surface area contributed by atoms with E-state index < -0.39 is 0 Å². The summed E-state index contributed by atoms with van der Waals surface area (Å²) in [6.45, 7) is 1.80. The lowest BCUT2D eigenvalue weighted by Crippen LogP contribution is -2.13. The van der Waals surface area contributed by atoms with Gasteiger partial charge in [-0.1, -0.05) is 29.4 Å². The van der Waals surface area contributed by atoms with Crippen molar-refractivity contribution >= 4 is 11.6 Å².